The second-order valence-electron chi connectivity index (χ2n) is 4.52. The molecule has 0 radical (unpaired) electrons. The highest BCUT2D eigenvalue weighted by atomic mass is 16.5. The van der Waals surface area contributed by atoms with Crippen molar-refractivity contribution in [3.63, 3.8) is 0 Å². The normalized spacial score (nSPS) is 23.1. The molecule has 0 aromatic carbocycles. The molecule has 0 aromatic rings. The molecule has 1 fully saturated rings. The van der Waals surface area contributed by atoms with Gasteiger partial charge in [0, 0.05) is 18.7 Å². The molecule has 4 nitrogen and oxygen atoms in total. The highest BCUT2D eigenvalue weighted by Crippen LogP contribution is 2.15. The molecule has 0 aromatic heterocycles. The predicted molar refractivity (Wildman–Crippen MR) is 59.7 cm³/mol. The lowest BCUT2D eigenvalue weighted by Gasteiger charge is -2.19. The number of carbonyl (C=O) groups excluding carboxylic acids is 1. The number of carbonyl (C=O) groups is 1. The van der Waals surface area contributed by atoms with E-state index < -0.39 is 0 Å². The van der Waals surface area contributed by atoms with E-state index in [1.165, 1.54) is 0 Å². The molecule has 0 bridgehead atoms. The second-order valence-corrected chi connectivity index (χ2v) is 4.52. The van der Waals surface area contributed by atoms with Crippen molar-refractivity contribution in [3.8, 4) is 0 Å². The van der Waals surface area contributed by atoms with Gasteiger partial charge in [-0.25, -0.2) is 0 Å². The van der Waals surface area contributed by atoms with Crippen LogP contribution in [0.5, 0.6) is 0 Å². The number of nitrogens with one attached hydrogen (secondary N) is 2. The number of ether oxygens (including phenoxy) is 1. The molecule has 15 heavy (non-hydrogen) atoms. The molecule has 1 aliphatic rings. The molecule has 2 unspecified atom stereocenters. The van der Waals surface area contributed by atoms with E-state index in [9.17, 15) is 4.79 Å². The number of amides is 1. The summed E-state index contributed by atoms with van der Waals surface area (Å²) >= 11 is 0. The van der Waals surface area contributed by atoms with Crippen LogP contribution in [0.1, 0.15) is 27.2 Å². The van der Waals surface area contributed by atoms with E-state index in [0.29, 0.717) is 18.5 Å². The minimum absolute atomic E-state index is 0.0655. The molecule has 0 aliphatic carbocycles. The van der Waals surface area contributed by atoms with Crippen LogP contribution >= 0.6 is 0 Å². The molecule has 1 aliphatic heterocycles. The molecule has 1 amide bonds. The Labute approximate surface area is 91.8 Å². The fourth-order valence-corrected chi connectivity index (χ4v) is 1.74. The van der Waals surface area contributed by atoms with Gasteiger partial charge >= 0.3 is 0 Å². The topological polar surface area (TPSA) is 50.4 Å². The zero-order chi connectivity index (χ0) is 11.3. The quantitative estimate of drug-likeness (QED) is 0.701. The smallest absolute Gasteiger partial charge is 0.234 e. The first-order valence-electron chi connectivity index (χ1n) is 5.70. The minimum atomic E-state index is 0.0655. The van der Waals surface area contributed by atoms with Crippen LogP contribution in [0.3, 0.4) is 0 Å². The first kappa shape index (κ1) is 12.5. The van der Waals surface area contributed by atoms with Crippen LogP contribution in [0.15, 0.2) is 0 Å². The van der Waals surface area contributed by atoms with Crippen LogP contribution in [-0.4, -0.2) is 37.7 Å². The molecule has 2 N–H and O–H groups in total. The Bertz CT molecular complexity index is 201. The molecule has 1 rings (SSSR count). The number of hydrogen-bond acceptors (Lipinski definition) is 3. The van der Waals surface area contributed by atoms with Gasteiger partial charge in [-0.05, 0) is 33.1 Å². The van der Waals surface area contributed by atoms with Gasteiger partial charge in [-0.15, -0.1) is 0 Å². The van der Waals surface area contributed by atoms with E-state index in [-0.39, 0.29) is 11.9 Å². The van der Waals surface area contributed by atoms with E-state index in [2.05, 4.69) is 17.6 Å². The van der Waals surface area contributed by atoms with Gasteiger partial charge in [-0.1, -0.05) is 0 Å². The Morgan fingerprint density at radius 1 is 1.47 bits per heavy atom. The minimum Gasteiger partial charge on any atom is -0.381 e. The summed E-state index contributed by atoms with van der Waals surface area (Å²) in [4.78, 5) is 11.4. The van der Waals surface area contributed by atoms with Gasteiger partial charge in [-0.3, -0.25) is 4.79 Å². The average molecular weight is 214 g/mol. The van der Waals surface area contributed by atoms with E-state index in [1.807, 2.05) is 13.8 Å². The first-order valence-corrected chi connectivity index (χ1v) is 5.70. The van der Waals surface area contributed by atoms with E-state index >= 15 is 0 Å². The highest BCUT2D eigenvalue weighted by molar-refractivity contribution is 5.78. The maximum absolute atomic E-state index is 11.4. The van der Waals surface area contributed by atoms with E-state index in [0.717, 1.165) is 19.6 Å². The largest absolute Gasteiger partial charge is 0.381 e. The van der Waals surface area contributed by atoms with Crippen LogP contribution in [0.25, 0.3) is 0 Å². The van der Waals surface area contributed by atoms with Gasteiger partial charge in [0.2, 0.25) is 5.91 Å². The summed E-state index contributed by atoms with van der Waals surface area (Å²) in [6.07, 6.45) is 1.10. The third kappa shape index (κ3) is 4.62. The summed E-state index contributed by atoms with van der Waals surface area (Å²) in [5.74, 6) is 0.618. The molecule has 1 heterocycles. The monoisotopic (exact) mass is 214 g/mol. The summed E-state index contributed by atoms with van der Waals surface area (Å²) in [5, 5.41) is 6.09. The average Bonchev–Trinajstić information content (AvgIpc) is 2.65. The fraction of sp³-hybridized carbons (Fsp3) is 0.909. The number of rotatable bonds is 5. The summed E-state index contributed by atoms with van der Waals surface area (Å²) in [6.45, 7) is 8.12. The van der Waals surface area contributed by atoms with E-state index in [1.54, 1.807) is 0 Å². The molecular formula is C11H22N2O2. The van der Waals surface area contributed by atoms with Crippen molar-refractivity contribution in [2.24, 2.45) is 5.92 Å². The Morgan fingerprint density at radius 3 is 2.73 bits per heavy atom. The van der Waals surface area contributed by atoms with E-state index in [4.69, 9.17) is 4.74 Å². The predicted octanol–water partition coefficient (Wildman–Crippen LogP) is 0.526. The summed E-state index contributed by atoms with van der Waals surface area (Å²) in [7, 11) is 0. The maximum atomic E-state index is 11.4. The number of hydrogen-bond donors (Lipinski definition) is 2. The Morgan fingerprint density at radius 2 is 2.20 bits per heavy atom. The van der Waals surface area contributed by atoms with Crippen molar-refractivity contribution in [3.05, 3.63) is 0 Å². The first-order chi connectivity index (χ1) is 7.09. The van der Waals surface area contributed by atoms with Gasteiger partial charge < -0.3 is 15.4 Å². The molecule has 0 spiro atoms. The summed E-state index contributed by atoms with van der Waals surface area (Å²) in [6, 6.07) is 0.565. The van der Waals surface area contributed by atoms with Crippen molar-refractivity contribution in [2.75, 3.05) is 19.8 Å². The van der Waals surface area contributed by atoms with Crippen LogP contribution in [0, 0.1) is 5.92 Å². The highest BCUT2D eigenvalue weighted by Gasteiger charge is 2.22. The third-order valence-corrected chi connectivity index (χ3v) is 2.71. The van der Waals surface area contributed by atoms with Crippen LogP contribution in [-0.2, 0) is 9.53 Å². The fourth-order valence-electron chi connectivity index (χ4n) is 1.74. The zero-order valence-corrected chi connectivity index (χ0v) is 9.88. The van der Waals surface area contributed by atoms with Crippen LogP contribution < -0.4 is 10.6 Å². The molecule has 0 saturated carbocycles. The maximum Gasteiger partial charge on any atom is 0.234 e. The van der Waals surface area contributed by atoms with Crippen LogP contribution in [0.2, 0.25) is 0 Å². The lowest BCUT2D eigenvalue weighted by atomic mass is 10.0. The summed E-state index contributed by atoms with van der Waals surface area (Å²) in [5.41, 5.74) is 0. The van der Waals surface area contributed by atoms with Gasteiger partial charge in [0.1, 0.15) is 0 Å². The van der Waals surface area contributed by atoms with Gasteiger partial charge in [-0.2, -0.15) is 0 Å². The lowest BCUT2D eigenvalue weighted by Crippen LogP contribution is -2.43. The second kappa shape index (κ2) is 6.08. The van der Waals surface area contributed by atoms with Crippen molar-refractivity contribution < 1.29 is 9.53 Å². The van der Waals surface area contributed by atoms with Crippen molar-refractivity contribution in [1.82, 2.24) is 10.6 Å². The van der Waals surface area contributed by atoms with Crippen molar-refractivity contribution in [2.45, 2.75) is 39.3 Å². The Kier molecular flexibility index (Phi) is 5.05. The van der Waals surface area contributed by atoms with Crippen molar-refractivity contribution in [1.29, 1.82) is 0 Å². The third-order valence-electron chi connectivity index (χ3n) is 2.71. The van der Waals surface area contributed by atoms with Crippen LogP contribution in [0.4, 0.5) is 0 Å². The molecule has 1 saturated heterocycles. The molecule has 88 valence electrons. The van der Waals surface area contributed by atoms with Gasteiger partial charge in [0.05, 0.1) is 13.2 Å². The zero-order valence-electron chi connectivity index (χ0n) is 9.88. The molecular weight excluding hydrogens is 192 g/mol. The lowest BCUT2D eigenvalue weighted by molar-refractivity contribution is -0.120. The SMILES string of the molecule is CC(C)NC(=O)CNC(C)C1CCOC1. The Hall–Kier alpha value is -0.610. The standard InChI is InChI=1S/C11H22N2O2/c1-8(2)13-11(14)6-12-9(3)10-4-5-15-7-10/h8-10,12H,4-7H2,1-3H3,(H,13,14). The van der Waals surface area contributed by atoms with Crippen molar-refractivity contribution >= 4 is 5.91 Å². The Balaban J connectivity index is 2.15. The molecule has 2 atom stereocenters. The van der Waals surface area contributed by atoms with Gasteiger partial charge in [0.25, 0.3) is 0 Å². The summed E-state index contributed by atoms with van der Waals surface area (Å²) < 4.78 is 5.31. The molecule has 4 heteroatoms. The van der Waals surface area contributed by atoms with Gasteiger partial charge in [0.15, 0.2) is 0 Å².